The molecule has 0 bridgehead atoms. The molecule has 34 heavy (non-hydrogen) atoms. The Kier molecular flexibility index (Phi) is 5.23. The van der Waals surface area contributed by atoms with Crippen molar-refractivity contribution >= 4 is 28.3 Å². The third-order valence-corrected chi connectivity index (χ3v) is 5.48. The minimum Gasteiger partial charge on any atom is -0.426 e. The molecule has 0 saturated carbocycles. The number of nitro benzene ring substituents is 1. The molecule has 1 heterocycles. The highest BCUT2D eigenvalue weighted by Gasteiger charge is 2.16. The molecule has 0 radical (unpaired) electrons. The first kappa shape index (κ1) is 20.9. The fourth-order valence-corrected chi connectivity index (χ4v) is 3.70. The molecule has 5 aromatic rings. The van der Waals surface area contributed by atoms with Gasteiger partial charge < -0.3 is 10.5 Å². The Labute approximate surface area is 193 Å². The molecule has 2 N–H and O–H groups in total. The van der Waals surface area contributed by atoms with Crippen molar-refractivity contribution in [3.63, 3.8) is 0 Å². The van der Waals surface area contributed by atoms with Crippen LogP contribution in [0.1, 0.15) is 10.4 Å². The van der Waals surface area contributed by atoms with Gasteiger partial charge >= 0.3 is 0 Å². The molecular formula is C26H18N4O4. The molecule has 0 fully saturated rings. The number of rotatable bonds is 5. The highest BCUT2D eigenvalue weighted by atomic mass is 16.6. The average Bonchev–Trinajstić information content (AvgIpc) is 3.21. The number of nitrogens with one attached hydrogen (secondary N) is 1. The highest BCUT2D eigenvalue weighted by molar-refractivity contribution is 6.04. The van der Waals surface area contributed by atoms with Crippen LogP contribution in [0.4, 0.5) is 11.4 Å². The smallest absolute Gasteiger partial charge is 0.271 e. The van der Waals surface area contributed by atoms with E-state index >= 15 is 0 Å². The number of benzene rings is 4. The van der Waals surface area contributed by atoms with E-state index in [-0.39, 0.29) is 22.9 Å². The summed E-state index contributed by atoms with van der Waals surface area (Å²) in [4.78, 5) is 27.5. The Bertz CT molecular complexity index is 1510. The Morgan fingerprint density at radius 1 is 0.853 bits per heavy atom. The summed E-state index contributed by atoms with van der Waals surface area (Å²) in [5, 5.41) is 24.3. The Balaban J connectivity index is 1.33. The molecule has 8 heteroatoms. The Morgan fingerprint density at radius 3 is 2.18 bits per heavy atom. The molecule has 0 aliphatic carbocycles. The van der Waals surface area contributed by atoms with Crippen LogP contribution in [0.25, 0.3) is 33.5 Å². The largest absolute Gasteiger partial charge is 0.426 e. The van der Waals surface area contributed by atoms with Crippen molar-refractivity contribution in [3.8, 4) is 22.5 Å². The van der Waals surface area contributed by atoms with Crippen molar-refractivity contribution < 1.29 is 14.9 Å². The minimum absolute atomic E-state index is 0.135. The zero-order valence-electron chi connectivity index (χ0n) is 17.8. The summed E-state index contributed by atoms with van der Waals surface area (Å²) in [7, 11) is 0. The topological polar surface area (TPSA) is 110 Å². The van der Waals surface area contributed by atoms with Gasteiger partial charge in [-0.1, -0.05) is 42.5 Å². The van der Waals surface area contributed by atoms with E-state index in [1.165, 1.54) is 18.2 Å². The van der Waals surface area contributed by atoms with Crippen LogP contribution in [-0.4, -0.2) is 25.8 Å². The number of fused-ring (bicyclic) bond motifs is 1. The molecule has 0 spiro atoms. The van der Waals surface area contributed by atoms with E-state index in [1.807, 2.05) is 42.5 Å². The van der Waals surface area contributed by atoms with Crippen LogP contribution < -0.4 is 5.32 Å². The fourth-order valence-electron chi connectivity index (χ4n) is 3.70. The molecule has 1 amide bonds. The van der Waals surface area contributed by atoms with E-state index in [9.17, 15) is 20.1 Å². The minimum atomic E-state index is -0.529. The maximum atomic E-state index is 12.7. The first-order valence-corrected chi connectivity index (χ1v) is 10.4. The van der Waals surface area contributed by atoms with Gasteiger partial charge in [0.2, 0.25) is 0 Å². The monoisotopic (exact) mass is 450 g/mol. The van der Waals surface area contributed by atoms with Gasteiger partial charge in [0, 0.05) is 28.9 Å². The molecule has 8 nitrogen and oxygen atoms in total. The Morgan fingerprint density at radius 2 is 1.50 bits per heavy atom. The van der Waals surface area contributed by atoms with Crippen LogP contribution in [0.5, 0.6) is 0 Å². The lowest BCUT2D eigenvalue weighted by atomic mass is 10.0. The number of amides is 1. The van der Waals surface area contributed by atoms with Crippen molar-refractivity contribution in [1.82, 2.24) is 9.71 Å². The number of hydrogen-bond donors (Lipinski definition) is 2. The molecule has 1 aromatic heterocycles. The predicted octanol–water partition coefficient (Wildman–Crippen LogP) is 5.77. The van der Waals surface area contributed by atoms with Crippen molar-refractivity contribution in [3.05, 3.63) is 113 Å². The molecule has 0 unspecified atom stereocenters. The summed E-state index contributed by atoms with van der Waals surface area (Å²) < 4.78 is 0.824. The van der Waals surface area contributed by atoms with Gasteiger partial charge in [0.1, 0.15) is 5.52 Å². The molecule has 5 rings (SSSR count). The number of anilines is 1. The first-order chi connectivity index (χ1) is 16.5. The van der Waals surface area contributed by atoms with Gasteiger partial charge in [-0.3, -0.25) is 14.9 Å². The summed E-state index contributed by atoms with van der Waals surface area (Å²) in [5.74, 6) is -0.000978. The lowest BCUT2D eigenvalue weighted by Gasteiger charge is -2.08. The van der Waals surface area contributed by atoms with Crippen LogP contribution in [0.15, 0.2) is 97.1 Å². The number of non-ortho nitro benzene ring substituents is 1. The van der Waals surface area contributed by atoms with Crippen LogP contribution in [0, 0.1) is 10.1 Å². The summed E-state index contributed by atoms with van der Waals surface area (Å²) in [5.41, 5.74) is 4.34. The molecule has 0 aliphatic rings. The van der Waals surface area contributed by atoms with E-state index in [0.29, 0.717) is 22.3 Å². The van der Waals surface area contributed by atoms with E-state index in [2.05, 4.69) is 10.3 Å². The Hall–Kier alpha value is -4.98. The normalized spacial score (nSPS) is 10.8. The van der Waals surface area contributed by atoms with E-state index in [0.717, 1.165) is 15.9 Å². The molecule has 0 aliphatic heterocycles. The van der Waals surface area contributed by atoms with Gasteiger partial charge in [-0.15, -0.1) is 0 Å². The van der Waals surface area contributed by atoms with Crippen LogP contribution in [0.2, 0.25) is 0 Å². The SMILES string of the molecule is O=C(Nc1ccc(-c2nc3ccc([N+](=O)[O-])cc3n2O)cc1)c1ccc(-c2ccccc2)cc1. The second kappa shape index (κ2) is 8.51. The van der Waals surface area contributed by atoms with Gasteiger partial charge in [-0.05, 0) is 53.6 Å². The molecule has 0 atom stereocenters. The third kappa shape index (κ3) is 3.95. The standard InChI is InChI=1S/C26H18N4O4/c31-26(20-8-6-18(7-9-20)17-4-2-1-3-5-17)27-21-12-10-19(11-13-21)25-28-23-15-14-22(30(33)34)16-24(23)29(25)32/h1-16,32H,(H,27,31). The number of nitro groups is 1. The molecular weight excluding hydrogens is 432 g/mol. The number of carbonyl (C=O) groups excluding carboxylic acids is 1. The summed E-state index contributed by atoms with van der Waals surface area (Å²) >= 11 is 0. The highest BCUT2D eigenvalue weighted by Crippen LogP contribution is 2.27. The van der Waals surface area contributed by atoms with Crippen LogP contribution >= 0.6 is 0 Å². The zero-order valence-corrected chi connectivity index (χ0v) is 17.8. The number of hydrogen-bond acceptors (Lipinski definition) is 5. The fraction of sp³-hybridized carbons (Fsp3) is 0. The number of nitrogens with zero attached hydrogens (tertiary/aromatic N) is 3. The third-order valence-electron chi connectivity index (χ3n) is 5.48. The van der Waals surface area contributed by atoms with Crippen LogP contribution in [-0.2, 0) is 0 Å². The number of carbonyl (C=O) groups is 1. The average molecular weight is 450 g/mol. The van der Waals surface area contributed by atoms with Gasteiger partial charge in [-0.2, -0.15) is 4.73 Å². The van der Waals surface area contributed by atoms with Crippen molar-refractivity contribution in [2.75, 3.05) is 5.32 Å². The molecule has 4 aromatic carbocycles. The zero-order chi connectivity index (χ0) is 23.7. The van der Waals surface area contributed by atoms with Gasteiger partial charge in [0.15, 0.2) is 5.82 Å². The first-order valence-electron chi connectivity index (χ1n) is 10.4. The van der Waals surface area contributed by atoms with E-state index in [1.54, 1.807) is 36.4 Å². The van der Waals surface area contributed by atoms with E-state index < -0.39 is 4.92 Å². The number of aromatic nitrogens is 2. The maximum Gasteiger partial charge on any atom is 0.271 e. The predicted molar refractivity (Wildman–Crippen MR) is 129 cm³/mol. The molecule has 0 saturated heterocycles. The lowest BCUT2D eigenvalue weighted by Crippen LogP contribution is -2.11. The molecule has 166 valence electrons. The van der Waals surface area contributed by atoms with E-state index in [4.69, 9.17) is 0 Å². The second-order valence-corrected chi connectivity index (χ2v) is 7.65. The van der Waals surface area contributed by atoms with Gasteiger partial charge in [-0.25, -0.2) is 4.98 Å². The van der Waals surface area contributed by atoms with Crippen molar-refractivity contribution in [2.24, 2.45) is 0 Å². The summed E-state index contributed by atoms with van der Waals surface area (Å²) in [6.45, 7) is 0. The van der Waals surface area contributed by atoms with Crippen molar-refractivity contribution in [1.29, 1.82) is 0 Å². The quantitative estimate of drug-likeness (QED) is 0.201. The lowest BCUT2D eigenvalue weighted by molar-refractivity contribution is -0.384. The van der Waals surface area contributed by atoms with Crippen LogP contribution in [0.3, 0.4) is 0 Å². The maximum absolute atomic E-state index is 12.7. The summed E-state index contributed by atoms with van der Waals surface area (Å²) in [6.07, 6.45) is 0. The number of imidazole rings is 1. The van der Waals surface area contributed by atoms with Gasteiger partial charge in [0.25, 0.3) is 11.6 Å². The van der Waals surface area contributed by atoms with Gasteiger partial charge in [0.05, 0.1) is 10.4 Å². The van der Waals surface area contributed by atoms with Crippen molar-refractivity contribution in [2.45, 2.75) is 0 Å². The second-order valence-electron chi connectivity index (χ2n) is 7.65. The summed E-state index contributed by atoms with van der Waals surface area (Å²) in [6, 6.07) is 28.2.